The van der Waals surface area contributed by atoms with Gasteiger partial charge in [-0.2, -0.15) is 4.80 Å². The number of hydrogen-bond acceptors (Lipinski definition) is 5. The minimum atomic E-state index is -0.322. The molecule has 8 heteroatoms. The van der Waals surface area contributed by atoms with E-state index in [4.69, 9.17) is 0 Å². The number of anilines is 1. The number of tetrazole rings is 1. The Hall–Kier alpha value is -2.77. The number of amides is 2. The highest BCUT2D eigenvalue weighted by Crippen LogP contribution is 2.24. The molecule has 0 aliphatic rings. The summed E-state index contributed by atoms with van der Waals surface area (Å²) < 4.78 is 0. The van der Waals surface area contributed by atoms with Crippen molar-refractivity contribution in [3.8, 4) is 11.4 Å². The van der Waals surface area contributed by atoms with Crippen molar-refractivity contribution in [3.63, 3.8) is 0 Å². The molecule has 2 amide bonds. The molecular weight excluding hydrogens is 308 g/mol. The summed E-state index contributed by atoms with van der Waals surface area (Å²) in [5.74, 6) is 0.0592. The topological polar surface area (TPSA) is 102 Å². The summed E-state index contributed by atoms with van der Waals surface area (Å²) in [4.78, 5) is 24.8. The first-order chi connectivity index (χ1) is 11.3. The van der Waals surface area contributed by atoms with Gasteiger partial charge in [-0.1, -0.05) is 19.1 Å². The molecule has 0 atom stereocenters. The summed E-state index contributed by atoms with van der Waals surface area (Å²) in [6, 6.07) is 7.21. The predicted octanol–water partition coefficient (Wildman–Crippen LogP) is 1.60. The van der Waals surface area contributed by atoms with Crippen LogP contribution in [0.3, 0.4) is 0 Å². The molecule has 0 spiro atoms. The molecule has 1 heterocycles. The summed E-state index contributed by atoms with van der Waals surface area (Å²) in [7, 11) is 0. The Bertz CT molecular complexity index is 732. The summed E-state index contributed by atoms with van der Waals surface area (Å²) in [5, 5.41) is 17.8. The molecule has 0 radical (unpaired) electrons. The average molecular weight is 330 g/mol. The normalized spacial score (nSPS) is 11.2. The lowest BCUT2D eigenvalue weighted by Gasteiger charge is -2.19. The molecule has 2 aromatic rings. The lowest BCUT2D eigenvalue weighted by Crippen LogP contribution is -2.42. The number of carbonyl (C=O) groups is 2. The second-order valence-corrected chi connectivity index (χ2v) is 6.39. The molecule has 0 aliphatic heterocycles. The third-order valence-corrected chi connectivity index (χ3v) is 3.02. The molecule has 8 nitrogen and oxygen atoms in total. The first-order valence-electron chi connectivity index (χ1n) is 7.76. The van der Waals surface area contributed by atoms with Crippen LogP contribution in [0.2, 0.25) is 0 Å². The van der Waals surface area contributed by atoms with Crippen molar-refractivity contribution in [2.75, 3.05) is 5.32 Å². The van der Waals surface area contributed by atoms with E-state index in [9.17, 15) is 9.59 Å². The predicted molar refractivity (Wildman–Crippen MR) is 90.1 cm³/mol. The Morgan fingerprint density at radius 2 is 1.88 bits per heavy atom. The number of hydrogen-bond donors (Lipinski definition) is 2. The van der Waals surface area contributed by atoms with Crippen LogP contribution in [0.5, 0.6) is 0 Å². The van der Waals surface area contributed by atoms with Gasteiger partial charge in [0, 0.05) is 17.5 Å². The van der Waals surface area contributed by atoms with Crippen LogP contribution >= 0.6 is 0 Å². The number of nitrogens with zero attached hydrogens (tertiary/aromatic N) is 4. The third kappa shape index (κ3) is 4.87. The molecule has 0 saturated heterocycles. The van der Waals surface area contributed by atoms with E-state index in [0.29, 0.717) is 23.5 Å². The fourth-order valence-corrected chi connectivity index (χ4v) is 2.03. The molecule has 1 aromatic carbocycles. The summed E-state index contributed by atoms with van der Waals surface area (Å²) in [5.41, 5.74) is 0.946. The first kappa shape index (κ1) is 17.6. The van der Waals surface area contributed by atoms with Gasteiger partial charge in [0.2, 0.25) is 17.6 Å². The highest BCUT2D eigenvalue weighted by molar-refractivity contribution is 5.94. The quantitative estimate of drug-likeness (QED) is 0.867. The molecule has 0 saturated carbocycles. The fraction of sp³-hybridized carbons (Fsp3) is 0.438. The van der Waals surface area contributed by atoms with Gasteiger partial charge in [0.25, 0.3) is 0 Å². The third-order valence-electron chi connectivity index (χ3n) is 3.02. The molecule has 0 bridgehead atoms. The molecule has 0 unspecified atom stereocenters. The van der Waals surface area contributed by atoms with Gasteiger partial charge >= 0.3 is 0 Å². The number of carbonyl (C=O) groups excluding carboxylic acids is 2. The molecule has 1 aromatic heterocycles. The van der Waals surface area contributed by atoms with Crippen molar-refractivity contribution in [1.82, 2.24) is 25.5 Å². The Kier molecular flexibility index (Phi) is 5.28. The van der Waals surface area contributed by atoms with Crippen molar-refractivity contribution in [3.05, 3.63) is 24.3 Å². The molecule has 2 N–H and O–H groups in total. The molecule has 0 aliphatic carbocycles. The van der Waals surface area contributed by atoms with Crippen molar-refractivity contribution in [2.45, 2.75) is 46.2 Å². The SMILES string of the molecule is CCC(=O)Nc1ccccc1-c1nnn(CC(=O)NC(C)(C)C)n1. The maximum atomic E-state index is 11.9. The van der Waals surface area contributed by atoms with Gasteiger partial charge in [-0.15, -0.1) is 10.2 Å². The van der Waals surface area contributed by atoms with Gasteiger partial charge in [-0.25, -0.2) is 0 Å². The molecule has 2 rings (SSSR count). The molecule has 128 valence electrons. The maximum Gasteiger partial charge on any atom is 0.244 e. The van der Waals surface area contributed by atoms with E-state index in [1.54, 1.807) is 19.1 Å². The highest BCUT2D eigenvalue weighted by Gasteiger charge is 2.16. The number of para-hydroxylation sites is 1. The Labute approximate surface area is 140 Å². The number of aromatic nitrogens is 4. The summed E-state index contributed by atoms with van der Waals surface area (Å²) in [6.07, 6.45) is 0.376. The Morgan fingerprint density at radius 3 is 2.54 bits per heavy atom. The van der Waals surface area contributed by atoms with Gasteiger partial charge in [-0.3, -0.25) is 9.59 Å². The van der Waals surface area contributed by atoms with Gasteiger partial charge in [0.1, 0.15) is 6.54 Å². The van der Waals surface area contributed by atoms with Crippen LogP contribution in [0.15, 0.2) is 24.3 Å². The van der Waals surface area contributed by atoms with E-state index in [2.05, 4.69) is 26.0 Å². The maximum absolute atomic E-state index is 11.9. The average Bonchev–Trinajstić information content (AvgIpc) is 2.93. The second kappa shape index (κ2) is 7.20. The van der Waals surface area contributed by atoms with Gasteiger partial charge in [-0.05, 0) is 38.1 Å². The summed E-state index contributed by atoms with van der Waals surface area (Å²) >= 11 is 0. The number of benzene rings is 1. The van der Waals surface area contributed by atoms with Crippen molar-refractivity contribution >= 4 is 17.5 Å². The van der Waals surface area contributed by atoms with Crippen molar-refractivity contribution in [1.29, 1.82) is 0 Å². The van der Waals surface area contributed by atoms with E-state index < -0.39 is 0 Å². The number of nitrogens with one attached hydrogen (secondary N) is 2. The smallest absolute Gasteiger partial charge is 0.244 e. The highest BCUT2D eigenvalue weighted by atomic mass is 16.2. The fourth-order valence-electron chi connectivity index (χ4n) is 2.03. The van der Waals surface area contributed by atoms with Gasteiger partial charge in [0.05, 0.1) is 5.69 Å². The van der Waals surface area contributed by atoms with Crippen LogP contribution in [-0.2, 0) is 16.1 Å². The Morgan fingerprint density at radius 1 is 1.17 bits per heavy atom. The first-order valence-corrected chi connectivity index (χ1v) is 7.76. The van der Waals surface area contributed by atoms with Gasteiger partial charge in [0.15, 0.2) is 0 Å². The standard InChI is InChI=1S/C16H22N6O2/c1-5-13(23)17-12-9-7-6-8-11(12)15-19-21-22(20-15)10-14(24)18-16(2,3)4/h6-9H,5,10H2,1-4H3,(H,17,23)(H,18,24). The monoisotopic (exact) mass is 330 g/mol. The van der Waals surface area contributed by atoms with Crippen molar-refractivity contribution in [2.24, 2.45) is 0 Å². The van der Waals surface area contributed by atoms with Gasteiger partial charge < -0.3 is 10.6 Å². The van der Waals surface area contributed by atoms with Crippen LogP contribution in [0, 0.1) is 0 Å². The lowest BCUT2D eigenvalue weighted by molar-refractivity contribution is -0.123. The van der Waals surface area contributed by atoms with E-state index in [0.717, 1.165) is 0 Å². The van der Waals surface area contributed by atoms with Crippen LogP contribution in [0.25, 0.3) is 11.4 Å². The summed E-state index contributed by atoms with van der Waals surface area (Å²) in [6.45, 7) is 7.46. The van der Waals surface area contributed by atoms with E-state index in [1.807, 2.05) is 32.9 Å². The minimum absolute atomic E-state index is 0.0201. The molecular formula is C16H22N6O2. The zero-order valence-electron chi connectivity index (χ0n) is 14.3. The molecule has 24 heavy (non-hydrogen) atoms. The largest absolute Gasteiger partial charge is 0.350 e. The second-order valence-electron chi connectivity index (χ2n) is 6.39. The minimum Gasteiger partial charge on any atom is -0.350 e. The van der Waals surface area contributed by atoms with Crippen LogP contribution in [0.1, 0.15) is 34.1 Å². The zero-order chi connectivity index (χ0) is 17.7. The zero-order valence-corrected chi connectivity index (χ0v) is 14.3. The molecule has 0 fully saturated rings. The van der Waals surface area contributed by atoms with E-state index in [1.165, 1.54) is 4.80 Å². The van der Waals surface area contributed by atoms with Crippen LogP contribution in [0.4, 0.5) is 5.69 Å². The van der Waals surface area contributed by atoms with Crippen molar-refractivity contribution < 1.29 is 9.59 Å². The van der Waals surface area contributed by atoms with E-state index >= 15 is 0 Å². The van der Waals surface area contributed by atoms with E-state index in [-0.39, 0.29) is 23.9 Å². The van der Waals surface area contributed by atoms with Crippen LogP contribution in [-0.4, -0.2) is 37.6 Å². The lowest BCUT2D eigenvalue weighted by atomic mass is 10.1. The Balaban J connectivity index is 2.16. The number of rotatable bonds is 5. The van der Waals surface area contributed by atoms with Crippen LogP contribution < -0.4 is 10.6 Å².